The quantitative estimate of drug-likeness (QED) is 0.0326. The first-order valence-corrected chi connectivity index (χ1v) is 32.9. The number of hydrogen-bond donors (Lipinski definition) is 4. The number of aromatic nitrogens is 8. The summed E-state index contributed by atoms with van der Waals surface area (Å²) in [6.45, 7) is 1.78. The summed E-state index contributed by atoms with van der Waals surface area (Å²) in [6, 6.07) is 51.0. The molecular weight excluding hydrogens is 1240 g/mol. The van der Waals surface area contributed by atoms with Gasteiger partial charge in [-0.2, -0.15) is 0 Å². The lowest BCUT2D eigenvalue weighted by atomic mass is 10.0. The van der Waals surface area contributed by atoms with E-state index in [-0.39, 0.29) is 37.1 Å². The van der Waals surface area contributed by atoms with Crippen LogP contribution in [-0.4, -0.2) is 51.8 Å². The van der Waals surface area contributed by atoms with Crippen molar-refractivity contribution >= 4 is 15.2 Å². The number of rotatable bonds is 20. The van der Waals surface area contributed by atoms with E-state index >= 15 is 17.6 Å². The molecule has 6 aromatic heterocycles. The van der Waals surface area contributed by atoms with Gasteiger partial charge in [0, 0.05) is 95.1 Å². The fourth-order valence-electron chi connectivity index (χ4n) is 10.7. The molecule has 0 saturated heterocycles. The molecule has 0 radical (unpaired) electrons. The van der Waals surface area contributed by atoms with Gasteiger partial charge in [-0.1, -0.05) is 97.1 Å². The highest BCUT2D eigenvalue weighted by Gasteiger charge is 2.23. The van der Waals surface area contributed by atoms with Crippen molar-refractivity contribution in [1.29, 1.82) is 0 Å². The highest BCUT2D eigenvalue weighted by molar-refractivity contribution is 7.52. The number of halogens is 6. The van der Waals surface area contributed by atoms with Crippen molar-refractivity contribution in [2.24, 2.45) is 0 Å². The summed E-state index contributed by atoms with van der Waals surface area (Å²) in [6.07, 6.45) is 15.2. The second-order valence-electron chi connectivity index (χ2n) is 22.2. The summed E-state index contributed by atoms with van der Waals surface area (Å²) in [5, 5.41) is 0. The zero-order valence-electron chi connectivity index (χ0n) is 49.2. The Balaban J connectivity index is 0.695. The predicted octanol–water partition coefficient (Wildman–Crippen LogP) is 13.4. The van der Waals surface area contributed by atoms with Crippen LogP contribution in [0.5, 0.6) is 0 Å². The fourth-order valence-corrected chi connectivity index (χ4v) is 11.7. The van der Waals surface area contributed by atoms with Gasteiger partial charge < -0.3 is 19.6 Å². The summed E-state index contributed by atoms with van der Waals surface area (Å²) in [5.41, 5.74) is 10.0. The molecule has 0 amide bonds. The maximum Gasteiger partial charge on any atom is 0.331 e. The van der Waals surface area contributed by atoms with Crippen molar-refractivity contribution < 1.29 is 73.3 Å². The Morgan fingerprint density at radius 2 is 0.495 bits per heavy atom. The highest BCUT2D eigenvalue weighted by Crippen LogP contribution is 2.37. The number of aryl methyl sites for hydroxylation is 4. The monoisotopic (exact) mass is 1290 g/mol. The zero-order valence-corrected chi connectivity index (χ0v) is 51.0. The molecule has 6 aromatic carbocycles. The van der Waals surface area contributed by atoms with Crippen LogP contribution in [0.15, 0.2) is 232 Å². The molecule has 0 aliphatic rings. The van der Waals surface area contributed by atoms with Gasteiger partial charge in [0.25, 0.3) is 0 Å². The molecule has 93 heavy (non-hydrogen) atoms. The third kappa shape index (κ3) is 15.5. The Morgan fingerprint density at radius 3 is 0.720 bits per heavy atom. The Bertz CT molecular complexity index is 4450. The van der Waals surface area contributed by atoms with Crippen molar-refractivity contribution in [3.63, 3.8) is 0 Å². The van der Waals surface area contributed by atoms with Crippen LogP contribution < -0.4 is 18.3 Å². The lowest BCUT2D eigenvalue weighted by Gasteiger charge is -2.12. The summed E-state index contributed by atoms with van der Waals surface area (Å²) in [7, 11) is -8.31. The van der Waals surface area contributed by atoms with Gasteiger partial charge in [0.15, 0.2) is 87.4 Å². The lowest BCUT2D eigenvalue weighted by Crippen LogP contribution is -2.38. The van der Waals surface area contributed by atoms with Crippen molar-refractivity contribution in [3.8, 4) is 112 Å². The Labute approximate surface area is 529 Å². The molecule has 6 heterocycles. The summed E-state index contributed by atoms with van der Waals surface area (Å²) in [4.78, 5) is 55.3. The molecular formula is C71H56F6N8O6P2+4. The maximum absolute atomic E-state index is 15.3. The standard InChI is InChI=1S/C71H52F6N8O6P2/c72-58-40-60(74)68(61(75)41-58)70-78-64(44-66(80-70)56-14-6-48(7-15-56)52-22-32-84(33-23-52)36-38-92(86,87)88)54-10-2-46(3-11-54)50-18-28-82(29-19-50)26-1-27-83-30-20-51(21-31-83)47-4-12-55(13-5-47)65-45-67(81-71(79-65)69-62(76)42-59(73)43-63(69)77)57-16-8-49(9-17-57)53-24-34-85(35-25-53)37-39-93(89,90)91/h2-25,28-35,40-45H,1,26-27,36-39H2/p+4. The van der Waals surface area contributed by atoms with Gasteiger partial charge in [0.05, 0.1) is 40.3 Å². The van der Waals surface area contributed by atoms with Gasteiger partial charge in [0.2, 0.25) is 0 Å². The fraction of sp³-hybridized carbons (Fsp3) is 0.0986. The third-order valence-corrected chi connectivity index (χ3v) is 17.2. The summed E-state index contributed by atoms with van der Waals surface area (Å²) < 4.78 is 120. The minimum Gasteiger partial charge on any atom is -0.324 e. The zero-order chi connectivity index (χ0) is 65.0. The average molecular weight is 1290 g/mol. The molecule has 0 saturated carbocycles. The molecule has 12 aromatic rings. The molecule has 0 aliphatic heterocycles. The van der Waals surface area contributed by atoms with Gasteiger partial charge in [-0.05, 0) is 56.6 Å². The number of nitrogens with zero attached hydrogens (tertiary/aromatic N) is 8. The topological polar surface area (TPSA) is 182 Å². The largest absolute Gasteiger partial charge is 0.331 e. The minimum atomic E-state index is -4.15. The molecule has 0 aliphatic carbocycles. The second kappa shape index (κ2) is 27.0. The molecule has 0 bridgehead atoms. The Morgan fingerprint density at radius 1 is 0.290 bits per heavy atom. The molecule has 0 unspecified atom stereocenters. The SMILES string of the molecule is O=P(O)(O)CC[n+]1ccc(-c2ccc(-c3cc(-c4ccc(-c5cc[n+](CCC[n+]6ccc(-c7ccc(-c8cc(-c9ccc(-c%10cc[n+](CCP(=O)(O)O)cc%10)cc9)nc(-c9c(F)cc(F)cc9F)n8)cc7)cc6)cc5)cc4)nc(-c4c(F)cc(F)cc4F)n3)cc2)cc1. The molecule has 0 fully saturated rings. The first-order valence-electron chi connectivity index (χ1n) is 29.3. The maximum atomic E-state index is 15.3. The highest BCUT2D eigenvalue weighted by atomic mass is 31.2. The van der Waals surface area contributed by atoms with E-state index in [0.29, 0.717) is 69.3 Å². The first kappa shape index (κ1) is 63.1. The average Bonchev–Trinajstić information content (AvgIpc) is 0.854. The van der Waals surface area contributed by atoms with Gasteiger partial charge in [-0.3, -0.25) is 9.13 Å². The molecule has 0 spiro atoms. The van der Waals surface area contributed by atoms with Crippen molar-refractivity contribution in [2.45, 2.75) is 32.6 Å². The van der Waals surface area contributed by atoms with E-state index in [1.165, 1.54) is 0 Å². The van der Waals surface area contributed by atoms with Crippen molar-refractivity contribution in [3.05, 3.63) is 266 Å². The van der Waals surface area contributed by atoms with E-state index in [1.54, 1.807) is 46.1 Å². The van der Waals surface area contributed by atoms with Crippen molar-refractivity contribution in [1.82, 2.24) is 19.9 Å². The van der Waals surface area contributed by atoms with Crippen molar-refractivity contribution in [2.75, 3.05) is 12.3 Å². The normalized spacial score (nSPS) is 11.7. The molecule has 14 nitrogen and oxygen atoms in total. The van der Waals surface area contributed by atoms with Gasteiger partial charge >= 0.3 is 15.2 Å². The summed E-state index contributed by atoms with van der Waals surface area (Å²) >= 11 is 0. The second-order valence-corrected chi connectivity index (χ2v) is 25.7. The van der Waals surface area contributed by atoms with Crippen LogP contribution in [0.2, 0.25) is 0 Å². The van der Waals surface area contributed by atoms with Crippen LogP contribution in [0.4, 0.5) is 26.3 Å². The van der Waals surface area contributed by atoms with Gasteiger partial charge in [-0.15, -0.1) is 0 Å². The number of hydrogen-bond acceptors (Lipinski definition) is 6. The molecule has 12 rings (SSSR count). The van der Waals surface area contributed by atoms with Crippen LogP contribution in [0.25, 0.3) is 112 Å². The van der Waals surface area contributed by atoms with E-state index < -0.39 is 61.2 Å². The Hall–Kier alpha value is -10.0. The summed E-state index contributed by atoms with van der Waals surface area (Å²) in [5.74, 6) is -7.25. The van der Waals surface area contributed by atoms with Crippen LogP contribution in [0, 0.1) is 34.9 Å². The van der Waals surface area contributed by atoms with Gasteiger partial charge in [0.1, 0.15) is 47.2 Å². The van der Waals surface area contributed by atoms with Gasteiger partial charge in [-0.25, -0.2) is 64.5 Å². The van der Waals surface area contributed by atoms with E-state index in [4.69, 9.17) is 0 Å². The minimum absolute atomic E-state index is 0.151. The van der Waals surface area contributed by atoms with Crippen LogP contribution in [0.3, 0.4) is 0 Å². The molecule has 4 N–H and O–H groups in total. The van der Waals surface area contributed by atoms with E-state index in [2.05, 4.69) is 29.1 Å². The molecule has 0 atom stereocenters. The van der Waals surface area contributed by atoms with Crippen LogP contribution >= 0.6 is 15.2 Å². The third-order valence-electron chi connectivity index (χ3n) is 15.7. The number of pyridine rings is 4. The molecule has 464 valence electrons. The van der Waals surface area contributed by atoms with E-state index in [9.17, 15) is 37.5 Å². The number of benzene rings is 6. The van der Waals surface area contributed by atoms with E-state index in [0.717, 1.165) is 64.0 Å². The molecule has 22 heteroatoms. The first-order chi connectivity index (χ1) is 44.7. The van der Waals surface area contributed by atoms with Crippen LogP contribution in [-0.2, 0) is 35.3 Å². The lowest BCUT2D eigenvalue weighted by molar-refractivity contribution is -0.726. The predicted molar refractivity (Wildman–Crippen MR) is 337 cm³/mol. The van der Waals surface area contributed by atoms with E-state index in [1.807, 2.05) is 170 Å². The van der Waals surface area contributed by atoms with Crippen LogP contribution in [0.1, 0.15) is 6.42 Å². The Kier molecular flexibility index (Phi) is 18.4. The smallest absolute Gasteiger partial charge is 0.324 e.